The predicted octanol–water partition coefficient (Wildman–Crippen LogP) is 2.52. The van der Waals surface area contributed by atoms with Gasteiger partial charge in [-0.05, 0) is 29.8 Å². The fourth-order valence-electron chi connectivity index (χ4n) is 2.41. The van der Waals surface area contributed by atoms with Crippen molar-refractivity contribution in [1.29, 1.82) is 0 Å². The maximum absolute atomic E-state index is 12.2. The Balaban J connectivity index is 1.56. The molecule has 0 spiro atoms. The van der Waals surface area contributed by atoms with E-state index in [9.17, 15) is 26.4 Å². The number of nitrogens with one attached hydrogen (secondary N) is 1. The summed E-state index contributed by atoms with van der Waals surface area (Å²) in [4.78, 5) is 20.8. The molecule has 1 aliphatic heterocycles. The molecule has 1 aromatic heterocycles. The lowest BCUT2D eigenvalue weighted by Gasteiger charge is -2.11. The normalized spacial score (nSPS) is 16.4. The standard InChI is InChI=1S/C17H14F3N3O6S/c1-30(25,26)23-16(24)13-7-6-12(9-21-13)27-15-8-14(29-22-15)10-2-4-11(5-3-10)28-17(18,19)20/h2-7,9,14H,8H2,1H3,(H,23,24)/t14-/m0/s1. The van der Waals surface area contributed by atoms with Crippen molar-refractivity contribution >= 4 is 21.8 Å². The summed E-state index contributed by atoms with van der Waals surface area (Å²) in [6.45, 7) is 0. The van der Waals surface area contributed by atoms with Gasteiger partial charge in [-0.2, -0.15) is 0 Å². The molecular weight excluding hydrogens is 431 g/mol. The number of ether oxygens (including phenoxy) is 2. The van der Waals surface area contributed by atoms with Gasteiger partial charge in [0.2, 0.25) is 15.9 Å². The maximum Gasteiger partial charge on any atom is 0.573 e. The Kier molecular flexibility index (Phi) is 5.82. The molecule has 1 N–H and O–H groups in total. The first-order valence-electron chi connectivity index (χ1n) is 8.23. The van der Waals surface area contributed by atoms with E-state index in [0.29, 0.717) is 5.56 Å². The van der Waals surface area contributed by atoms with Crippen LogP contribution in [0.2, 0.25) is 0 Å². The molecule has 1 aliphatic rings. The minimum absolute atomic E-state index is 0.128. The van der Waals surface area contributed by atoms with E-state index in [-0.39, 0.29) is 29.5 Å². The second kappa shape index (κ2) is 8.18. The summed E-state index contributed by atoms with van der Waals surface area (Å²) < 4.78 is 69.8. The summed E-state index contributed by atoms with van der Waals surface area (Å²) in [7, 11) is -3.71. The fourth-order valence-corrected chi connectivity index (χ4v) is 2.85. The number of carbonyl (C=O) groups is 1. The van der Waals surface area contributed by atoms with Crippen LogP contribution in [-0.4, -0.2) is 37.8 Å². The van der Waals surface area contributed by atoms with Gasteiger partial charge in [-0.25, -0.2) is 18.1 Å². The van der Waals surface area contributed by atoms with Crippen LogP contribution < -0.4 is 14.2 Å². The van der Waals surface area contributed by atoms with Crippen molar-refractivity contribution in [2.45, 2.75) is 18.9 Å². The third kappa shape index (κ3) is 6.07. The van der Waals surface area contributed by atoms with Gasteiger partial charge < -0.3 is 14.3 Å². The Morgan fingerprint density at radius 3 is 2.40 bits per heavy atom. The van der Waals surface area contributed by atoms with E-state index in [2.05, 4.69) is 14.9 Å². The fraction of sp³-hybridized carbons (Fsp3) is 0.235. The lowest BCUT2D eigenvalue weighted by molar-refractivity contribution is -0.274. The average molecular weight is 445 g/mol. The minimum atomic E-state index is -4.77. The number of sulfonamides is 1. The molecule has 1 atom stereocenters. The van der Waals surface area contributed by atoms with Crippen molar-refractivity contribution in [1.82, 2.24) is 9.71 Å². The zero-order valence-corrected chi connectivity index (χ0v) is 16.0. The lowest BCUT2D eigenvalue weighted by atomic mass is 10.1. The first-order chi connectivity index (χ1) is 14.0. The second-order valence-corrected chi connectivity index (χ2v) is 7.83. The molecule has 3 rings (SSSR count). The Morgan fingerprint density at radius 1 is 1.17 bits per heavy atom. The minimum Gasteiger partial charge on any atom is -0.438 e. The highest BCUT2D eigenvalue weighted by molar-refractivity contribution is 7.89. The number of benzene rings is 1. The smallest absolute Gasteiger partial charge is 0.438 e. The van der Waals surface area contributed by atoms with Crippen molar-refractivity contribution in [3.05, 3.63) is 53.9 Å². The van der Waals surface area contributed by atoms with Gasteiger partial charge in [-0.1, -0.05) is 17.3 Å². The number of halogens is 3. The van der Waals surface area contributed by atoms with E-state index in [1.165, 1.54) is 30.5 Å². The third-order valence-electron chi connectivity index (χ3n) is 3.61. The van der Waals surface area contributed by atoms with Gasteiger partial charge in [0.05, 0.1) is 18.9 Å². The van der Waals surface area contributed by atoms with E-state index >= 15 is 0 Å². The number of nitrogens with zero attached hydrogens (tertiary/aromatic N) is 2. The van der Waals surface area contributed by atoms with Crippen molar-refractivity contribution in [2.24, 2.45) is 5.16 Å². The van der Waals surface area contributed by atoms with Crippen LogP contribution in [0.4, 0.5) is 13.2 Å². The molecule has 1 aromatic carbocycles. The Morgan fingerprint density at radius 2 is 1.83 bits per heavy atom. The molecule has 0 aliphatic carbocycles. The summed E-state index contributed by atoms with van der Waals surface area (Å²) in [6.07, 6.45) is -3.09. The zero-order chi connectivity index (χ0) is 21.9. The van der Waals surface area contributed by atoms with Gasteiger partial charge in [0.1, 0.15) is 17.2 Å². The van der Waals surface area contributed by atoms with Gasteiger partial charge in [-0.3, -0.25) is 4.79 Å². The first kappa shape index (κ1) is 21.4. The number of rotatable bonds is 5. The average Bonchev–Trinajstić information content (AvgIpc) is 3.08. The van der Waals surface area contributed by atoms with E-state index < -0.39 is 28.4 Å². The molecule has 2 aromatic rings. The number of alkyl halides is 3. The number of pyridine rings is 1. The Bertz CT molecular complexity index is 1050. The van der Waals surface area contributed by atoms with Gasteiger partial charge in [0.15, 0.2) is 6.10 Å². The zero-order valence-electron chi connectivity index (χ0n) is 15.2. The molecule has 9 nitrogen and oxygen atoms in total. The third-order valence-corrected chi connectivity index (χ3v) is 4.17. The van der Waals surface area contributed by atoms with Crippen LogP contribution in [-0.2, 0) is 14.9 Å². The second-order valence-electron chi connectivity index (χ2n) is 6.08. The van der Waals surface area contributed by atoms with Gasteiger partial charge >= 0.3 is 6.36 Å². The summed E-state index contributed by atoms with van der Waals surface area (Å²) in [6, 6.07) is 7.82. The highest BCUT2D eigenvalue weighted by Crippen LogP contribution is 2.30. The van der Waals surface area contributed by atoms with Gasteiger partial charge in [0.25, 0.3) is 5.91 Å². The quantitative estimate of drug-likeness (QED) is 0.752. The number of carbonyl (C=O) groups excluding carboxylic acids is 1. The van der Waals surface area contributed by atoms with E-state index in [0.717, 1.165) is 18.4 Å². The van der Waals surface area contributed by atoms with Crippen molar-refractivity contribution < 1.29 is 40.7 Å². The van der Waals surface area contributed by atoms with Crippen LogP contribution in [0.5, 0.6) is 11.5 Å². The van der Waals surface area contributed by atoms with Crippen LogP contribution in [0, 0.1) is 0 Å². The molecule has 2 heterocycles. The summed E-state index contributed by atoms with van der Waals surface area (Å²) in [5, 5.41) is 3.77. The number of hydrogen-bond acceptors (Lipinski definition) is 8. The van der Waals surface area contributed by atoms with Gasteiger partial charge in [0, 0.05) is 0 Å². The van der Waals surface area contributed by atoms with E-state index in [1.54, 1.807) is 4.72 Å². The number of oxime groups is 1. The van der Waals surface area contributed by atoms with Crippen LogP contribution in [0.1, 0.15) is 28.6 Å². The molecule has 0 bridgehead atoms. The highest BCUT2D eigenvalue weighted by atomic mass is 32.2. The molecule has 0 saturated carbocycles. The Hall–Kier alpha value is -3.35. The van der Waals surface area contributed by atoms with Gasteiger partial charge in [-0.15, -0.1) is 13.2 Å². The molecule has 0 fully saturated rings. The monoisotopic (exact) mass is 445 g/mol. The van der Waals surface area contributed by atoms with Crippen molar-refractivity contribution in [3.63, 3.8) is 0 Å². The van der Waals surface area contributed by atoms with Crippen molar-refractivity contribution in [2.75, 3.05) is 6.26 Å². The number of aromatic nitrogens is 1. The Labute approximate surface area is 168 Å². The maximum atomic E-state index is 12.2. The topological polar surface area (TPSA) is 116 Å². The first-order valence-corrected chi connectivity index (χ1v) is 10.1. The SMILES string of the molecule is CS(=O)(=O)NC(=O)c1ccc(OC2=NO[C@H](c3ccc(OC(F)(F)F)cc3)C2)cn1. The summed E-state index contributed by atoms with van der Waals surface area (Å²) in [5.74, 6) is -0.829. The highest BCUT2D eigenvalue weighted by Gasteiger charge is 2.31. The molecule has 0 radical (unpaired) electrons. The number of hydrogen-bond donors (Lipinski definition) is 1. The van der Waals surface area contributed by atoms with E-state index in [4.69, 9.17) is 9.57 Å². The molecule has 0 saturated heterocycles. The number of amides is 1. The predicted molar refractivity (Wildman–Crippen MR) is 96.2 cm³/mol. The summed E-state index contributed by atoms with van der Waals surface area (Å²) >= 11 is 0. The van der Waals surface area contributed by atoms with Crippen LogP contribution in [0.25, 0.3) is 0 Å². The van der Waals surface area contributed by atoms with Crippen LogP contribution >= 0.6 is 0 Å². The molecule has 13 heteroatoms. The van der Waals surface area contributed by atoms with Crippen molar-refractivity contribution in [3.8, 4) is 11.5 Å². The molecular formula is C17H14F3N3O6S. The van der Waals surface area contributed by atoms with Crippen LogP contribution in [0.3, 0.4) is 0 Å². The lowest BCUT2D eigenvalue weighted by Crippen LogP contribution is -2.29. The molecule has 160 valence electrons. The largest absolute Gasteiger partial charge is 0.573 e. The summed E-state index contributed by atoms with van der Waals surface area (Å²) in [5.41, 5.74) is 0.439. The van der Waals surface area contributed by atoms with E-state index in [1.807, 2.05) is 0 Å². The molecule has 1 amide bonds. The van der Waals surface area contributed by atoms with Crippen LogP contribution in [0.15, 0.2) is 47.8 Å². The molecule has 0 unspecified atom stereocenters. The molecule has 30 heavy (non-hydrogen) atoms.